The minimum atomic E-state index is -0.0778. The van der Waals surface area contributed by atoms with E-state index in [1.807, 2.05) is 0 Å². The van der Waals surface area contributed by atoms with Gasteiger partial charge in [0, 0.05) is 16.2 Å². The molecule has 0 saturated carbocycles. The van der Waals surface area contributed by atoms with Crippen LogP contribution in [0.4, 0.5) is 0 Å². The summed E-state index contributed by atoms with van der Waals surface area (Å²) in [6.45, 7) is 4.69. The predicted octanol–water partition coefficient (Wildman–Crippen LogP) is 16.7. The maximum Gasteiger partial charge on any atom is 0.136 e. The van der Waals surface area contributed by atoms with Gasteiger partial charge in [0.05, 0.1) is 0 Å². The first-order chi connectivity index (χ1) is 29.5. The van der Waals surface area contributed by atoms with Gasteiger partial charge in [0.15, 0.2) is 0 Å². The highest BCUT2D eigenvalue weighted by atomic mass is 16.3. The van der Waals surface area contributed by atoms with Gasteiger partial charge in [-0.2, -0.15) is 0 Å². The molecule has 0 saturated heterocycles. The summed E-state index contributed by atoms with van der Waals surface area (Å²) in [5.74, 6) is 0. The van der Waals surface area contributed by atoms with Gasteiger partial charge < -0.3 is 4.42 Å². The van der Waals surface area contributed by atoms with Crippen LogP contribution in [-0.4, -0.2) is 0 Å². The molecule has 0 spiro atoms. The molecule has 12 aromatic rings. The molecule has 1 heteroatoms. The molecule has 1 aromatic heterocycles. The van der Waals surface area contributed by atoms with E-state index < -0.39 is 0 Å². The van der Waals surface area contributed by atoms with Gasteiger partial charge in [-0.3, -0.25) is 0 Å². The molecule has 1 nitrogen and oxygen atoms in total. The highest BCUT2D eigenvalue weighted by Crippen LogP contribution is 2.52. The maximum atomic E-state index is 6.81. The Bertz CT molecular complexity index is 3740. The zero-order valence-electron chi connectivity index (χ0n) is 33.4. The fourth-order valence-corrected chi connectivity index (χ4v) is 10.8. The number of fused-ring (bicyclic) bond motifs is 12. The molecule has 0 unspecified atom stereocenters. The number of hydrogen-bond donors (Lipinski definition) is 0. The van der Waals surface area contributed by atoms with Crippen molar-refractivity contribution < 1.29 is 4.42 Å². The smallest absolute Gasteiger partial charge is 0.136 e. The molecule has 1 heterocycles. The van der Waals surface area contributed by atoms with Crippen LogP contribution in [0, 0.1) is 0 Å². The molecular formula is C59H38O. The average molecular weight is 763 g/mol. The molecule has 0 aliphatic heterocycles. The van der Waals surface area contributed by atoms with Gasteiger partial charge in [0.25, 0.3) is 0 Å². The molecular weight excluding hydrogens is 725 g/mol. The van der Waals surface area contributed by atoms with Crippen LogP contribution in [0.25, 0.3) is 120 Å². The van der Waals surface area contributed by atoms with Crippen LogP contribution in [0.3, 0.4) is 0 Å². The summed E-state index contributed by atoms with van der Waals surface area (Å²) in [5.41, 5.74) is 14.5. The monoisotopic (exact) mass is 762 g/mol. The summed E-state index contributed by atoms with van der Waals surface area (Å²) in [4.78, 5) is 0. The van der Waals surface area contributed by atoms with Gasteiger partial charge in [0.1, 0.15) is 11.2 Å². The average Bonchev–Trinajstić information content (AvgIpc) is 3.77. The molecule has 0 radical (unpaired) electrons. The Morgan fingerprint density at radius 2 is 0.867 bits per heavy atom. The maximum absolute atomic E-state index is 6.81. The van der Waals surface area contributed by atoms with Gasteiger partial charge in [-0.05, 0) is 140 Å². The van der Waals surface area contributed by atoms with Gasteiger partial charge in [-0.1, -0.05) is 178 Å². The summed E-state index contributed by atoms with van der Waals surface area (Å²) in [6, 6.07) is 71.9. The minimum Gasteiger partial charge on any atom is -0.456 e. The Morgan fingerprint density at radius 1 is 0.317 bits per heavy atom. The third-order valence-electron chi connectivity index (χ3n) is 13.6. The van der Waals surface area contributed by atoms with Gasteiger partial charge in [-0.25, -0.2) is 0 Å². The fourth-order valence-electron chi connectivity index (χ4n) is 10.8. The number of hydrogen-bond acceptors (Lipinski definition) is 1. The Kier molecular flexibility index (Phi) is 6.85. The fraction of sp³-hybridized carbons (Fsp3) is 0.0508. The van der Waals surface area contributed by atoms with Crippen molar-refractivity contribution in [3.8, 4) is 44.5 Å². The molecule has 0 N–H and O–H groups in total. The van der Waals surface area contributed by atoms with Crippen LogP contribution < -0.4 is 0 Å². The van der Waals surface area contributed by atoms with Crippen molar-refractivity contribution in [1.82, 2.24) is 0 Å². The summed E-state index contributed by atoms with van der Waals surface area (Å²) in [6.07, 6.45) is 0. The predicted molar refractivity (Wildman–Crippen MR) is 255 cm³/mol. The second-order valence-corrected chi connectivity index (χ2v) is 17.2. The Balaban J connectivity index is 0.972. The lowest BCUT2D eigenvalue weighted by Crippen LogP contribution is -2.14. The highest BCUT2D eigenvalue weighted by molar-refractivity contribution is 6.25. The molecule has 1 aliphatic carbocycles. The first-order valence-electron chi connectivity index (χ1n) is 21.0. The summed E-state index contributed by atoms with van der Waals surface area (Å²) in [7, 11) is 0. The van der Waals surface area contributed by atoms with Crippen molar-refractivity contribution in [1.29, 1.82) is 0 Å². The van der Waals surface area contributed by atoms with E-state index in [1.165, 1.54) is 120 Å². The zero-order chi connectivity index (χ0) is 39.7. The van der Waals surface area contributed by atoms with Gasteiger partial charge >= 0.3 is 0 Å². The van der Waals surface area contributed by atoms with Gasteiger partial charge in [0.2, 0.25) is 0 Å². The molecule has 0 bridgehead atoms. The van der Waals surface area contributed by atoms with E-state index in [-0.39, 0.29) is 5.41 Å². The third kappa shape index (κ3) is 4.63. The minimum absolute atomic E-state index is 0.0778. The lowest BCUT2D eigenvalue weighted by molar-refractivity contribution is 0.658. The van der Waals surface area contributed by atoms with E-state index in [9.17, 15) is 0 Å². The molecule has 60 heavy (non-hydrogen) atoms. The quantitative estimate of drug-likeness (QED) is 0.163. The number of benzene rings is 11. The zero-order valence-corrected chi connectivity index (χ0v) is 33.4. The standard InChI is InChI=1S/C59H38O/c1-59(2)52-25-12-11-18-42(52)50-34-54-51(32-53(50)59)58-44-19-6-5-17-41(44)49(33-55(58)60-54)38-28-26-37-31-39(29-27-36(37)30-38)56-45-20-7-9-22-47(45)57(48-23-10-8-21-46(48)56)43-24-13-15-35-14-3-4-16-40(35)43/h3-34H,1-2H3. The van der Waals surface area contributed by atoms with Crippen molar-refractivity contribution in [2.24, 2.45) is 0 Å². The molecule has 280 valence electrons. The first-order valence-corrected chi connectivity index (χ1v) is 21.0. The summed E-state index contributed by atoms with van der Waals surface area (Å²) in [5, 5.41) is 14.8. The third-order valence-corrected chi connectivity index (χ3v) is 13.6. The van der Waals surface area contributed by atoms with Crippen molar-refractivity contribution in [2.75, 3.05) is 0 Å². The van der Waals surface area contributed by atoms with Crippen molar-refractivity contribution in [3.05, 3.63) is 205 Å². The van der Waals surface area contributed by atoms with E-state index in [1.54, 1.807) is 0 Å². The number of furan rings is 1. The van der Waals surface area contributed by atoms with E-state index in [4.69, 9.17) is 4.42 Å². The molecule has 0 fully saturated rings. The van der Waals surface area contributed by atoms with E-state index in [0.717, 1.165) is 11.2 Å². The van der Waals surface area contributed by atoms with E-state index >= 15 is 0 Å². The van der Waals surface area contributed by atoms with Crippen LogP contribution in [0.15, 0.2) is 199 Å². The molecule has 11 aromatic carbocycles. The molecule has 13 rings (SSSR count). The van der Waals surface area contributed by atoms with Crippen molar-refractivity contribution >= 4 is 75.8 Å². The topological polar surface area (TPSA) is 13.1 Å². The Hall–Kier alpha value is -7.48. The van der Waals surface area contributed by atoms with Crippen molar-refractivity contribution in [2.45, 2.75) is 19.3 Å². The van der Waals surface area contributed by atoms with Crippen LogP contribution in [-0.2, 0) is 5.41 Å². The van der Waals surface area contributed by atoms with Gasteiger partial charge in [-0.15, -0.1) is 0 Å². The molecule has 0 amide bonds. The van der Waals surface area contributed by atoms with Crippen molar-refractivity contribution in [3.63, 3.8) is 0 Å². The normalized spacial score (nSPS) is 13.3. The lowest BCUT2D eigenvalue weighted by Gasteiger charge is -2.21. The van der Waals surface area contributed by atoms with E-state index in [2.05, 4.69) is 208 Å². The largest absolute Gasteiger partial charge is 0.456 e. The second kappa shape index (κ2) is 12.3. The molecule has 0 atom stereocenters. The molecule has 1 aliphatic rings. The summed E-state index contributed by atoms with van der Waals surface area (Å²) >= 11 is 0. The van der Waals surface area contributed by atoms with Crippen LogP contribution >= 0.6 is 0 Å². The van der Waals surface area contributed by atoms with Crippen LogP contribution in [0.2, 0.25) is 0 Å². The first kappa shape index (κ1) is 33.5. The number of rotatable bonds is 3. The van der Waals surface area contributed by atoms with Crippen LogP contribution in [0.1, 0.15) is 25.0 Å². The second-order valence-electron chi connectivity index (χ2n) is 17.2. The van der Waals surface area contributed by atoms with Crippen LogP contribution in [0.5, 0.6) is 0 Å². The Morgan fingerprint density at radius 3 is 1.62 bits per heavy atom. The SMILES string of the molecule is CC1(C)c2ccccc2-c2cc3oc4cc(-c5ccc6cc(-c7c8ccccc8c(-c8cccc9ccccc89)c8ccccc78)ccc6c5)c5ccccc5c4c3cc21. The lowest BCUT2D eigenvalue weighted by atomic mass is 9.82. The summed E-state index contributed by atoms with van der Waals surface area (Å²) < 4.78 is 6.81. The Labute approximate surface area is 347 Å². The van der Waals surface area contributed by atoms with E-state index in [0.29, 0.717) is 0 Å². The highest BCUT2D eigenvalue weighted by Gasteiger charge is 2.36.